The lowest BCUT2D eigenvalue weighted by atomic mass is 9.94. The summed E-state index contributed by atoms with van der Waals surface area (Å²) in [5, 5.41) is 0. The fourth-order valence-corrected chi connectivity index (χ4v) is 2.30. The van der Waals surface area contributed by atoms with Crippen molar-refractivity contribution in [2.24, 2.45) is 5.41 Å². The molecule has 2 rings (SSSR count). The Labute approximate surface area is 128 Å². The van der Waals surface area contributed by atoms with Crippen LogP contribution < -0.4 is 4.90 Å². The van der Waals surface area contributed by atoms with Gasteiger partial charge in [0.2, 0.25) is 5.91 Å². The standard InChI is InChI=1S/C17H18BrNO/c1-17(2,3)16(20)19(14-9-5-4-6-10-14)15-11-7-8-13(18)12-15/h4-12H,1-3H3. The molecule has 3 heteroatoms. The summed E-state index contributed by atoms with van der Waals surface area (Å²) in [6, 6.07) is 17.5. The van der Waals surface area contributed by atoms with E-state index >= 15 is 0 Å². The van der Waals surface area contributed by atoms with Gasteiger partial charge in [0.05, 0.1) is 5.69 Å². The summed E-state index contributed by atoms with van der Waals surface area (Å²) >= 11 is 3.46. The molecule has 0 radical (unpaired) electrons. The second-order valence-electron chi connectivity index (χ2n) is 5.71. The number of anilines is 2. The van der Waals surface area contributed by atoms with Crippen molar-refractivity contribution in [2.45, 2.75) is 20.8 Å². The van der Waals surface area contributed by atoms with Gasteiger partial charge in [-0.15, -0.1) is 0 Å². The minimum atomic E-state index is -0.446. The lowest BCUT2D eigenvalue weighted by Gasteiger charge is -2.29. The van der Waals surface area contributed by atoms with Crippen LogP contribution in [-0.4, -0.2) is 5.91 Å². The van der Waals surface area contributed by atoms with Crippen LogP contribution in [0.4, 0.5) is 11.4 Å². The van der Waals surface area contributed by atoms with E-state index in [-0.39, 0.29) is 5.91 Å². The highest BCUT2D eigenvalue weighted by Crippen LogP contribution is 2.32. The van der Waals surface area contributed by atoms with Gasteiger partial charge >= 0.3 is 0 Å². The van der Waals surface area contributed by atoms with E-state index in [9.17, 15) is 4.79 Å². The normalized spacial score (nSPS) is 11.2. The first-order valence-corrected chi connectivity index (χ1v) is 7.34. The van der Waals surface area contributed by atoms with Gasteiger partial charge in [0.15, 0.2) is 0 Å². The SMILES string of the molecule is CC(C)(C)C(=O)N(c1ccccc1)c1cccc(Br)c1. The first-order chi connectivity index (χ1) is 9.39. The largest absolute Gasteiger partial charge is 0.281 e. The molecule has 0 aliphatic carbocycles. The molecule has 0 spiro atoms. The Morgan fingerprint density at radius 1 is 0.950 bits per heavy atom. The van der Waals surface area contributed by atoms with Crippen LogP contribution in [0.5, 0.6) is 0 Å². The third-order valence-corrected chi connectivity index (χ3v) is 3.42. The molecule has 104 valence electrons. The minimum Gasteiger partial charge on any atom is -0.281 e. The number of hydrogen-bond acceptors (Lipinski definition) is 1. The van der Waals surface area contributed by atoms with Gasteiger partial charge < -0.3 is 0 Å². The van der Waals surface area contributed by atoms with Crippen LogP contribution in [0.2, 0.25) is 0 Å². The average Bonchev–Trinajstić information content (AvgIpc) is 2.39. The molecular weight excluding hydrogens is 314 g/mol. The van der Waals surface area contributed by atoms with Crippen LogP contribution in [0.3, 0.4) is 0 Å². The van der Waals surface area contributed by atoms with E-state index in [0.717, 1.165) is 15.8 Å². The van der Waals surface area contributed by atoms with E-state index in [1.807, 2.05) is 75.4 Å². The van der Waals surface area contributed by atoms with Gasteiger partial charge in [-0.1, -0.05) is 61.0 Å². The maximum Gasteiger partial charge on any atom is 0.236 e. The summed E-state index contributed by atoms with van der Waals surface area (Å²) in [6.07, 6.45) is 0. The molecule has 2 aromatic rings. The van der Waals surface area contributed by atoms with Crippen LogP contribution in [0.1, 0.15) is 20.8 Å². The molecule has 0 fully saturated rings. The Bertz CT molecular complexity index is 602. The fourth-order valence-electron chi connectivity index (χ4n) is 1.91. The number of para-hydroxylation sites is 1. The summed E-state index contributed by atoms with van der Waals surface area (Å²) in [4.78, 5) is 14.6. The zero-order valence-electron chi connectivity index (χ0n) is 11.9. The monoisotopic (exact) mass is 331 g/mol. The number of nitrogens with zero attached hydrogens (tertiary/aromatic N) is 1. The molecule has 2 nitrogen and oxygen atoms in total. The molecule has 0 N–H and O–H groups in total. The second kappa shape index (κ2) is 5.80. The van der Waals surface area contributed by atoms with Crippen molar-refractivity contribution in [1.82, 2.24) is 0 Å². The highest BCUT2D eigenvalue weighted by molar-refractivity contribution is 9.10. The molecule has 0 atom stereocenters. The lowest BCUT2D eigenvalue weighted by molar-refractivity contribution is -0.125. The molecule has 0 bridgehead atoms. The Hall–Kier alpha value is -1.61. The summed E-state index contributed by atoms with van der Waals surface area (Å²) in [6.45, 7) is 5.80. The number of carbonyl (C=O) groups excluding carboxylic acids is 1. The van der Waals surface area contributed by atoms with Crippen molar-refractivity contribution in [3.05, 3.63) is 59.1 Å². The zero-order valence-corrected chi connectivity index (χ0v) is 13.5. The maximum absolute atomic E-state index is 12.8. The Balaban J connectivity index is 2.53. The van der Waals surface area contributed by atoms with Crippen LogP contribution >= 0.6 is 15.9 Å². The highest BCUT2D eigenvalue weighted by Gasteiger charge is 2.29. The third-order valence-electron chi connectivity index (χ3n) is 2.93. The molecule has 1 amide bonds. The number of carbonyl (C=O) groups is 1. The van der Waals surface area contributed by atoms with Gasteiger partial charge in [-0.05, 0) is 30.3 Å². The molecule has 2 aromatic carbocycles. The molecular formula is C17H18BrNO. The van der Waals surface area contributed by atoms with Gasteiger partial charge in [0, 0.05) is 15.6 Å². The van der Waals surface area contributed by atoms with Gasteiger partial charge in [-0.3, -0.25) is 9.69 Å². The molecule has 0 aliphatic rings. The maximum atomic E-state index is 12.8. The minimum absolute atomic E-state index is 0.0711. The van der Waals surface area contributed by atoms with Gasteiger partial charge in [-0.2, -0.15) is 0 Å². The molecule has 0 unspecified atom stereocenters. The number of hydrogen-bond donors (Lipinski definition) is 0. The van der Waals surface area contributed by atoms with Crippen molar-refractivity contribution in [3.63, 3.8) is 0 Å². The van der Waals surface area contributed by atoms with Crippen molar-refractivity contribution >= 4 is 33.2 Å². The fraction of sp³-hybridized carbons (Fsp3) is 0.235. The molecule has 0 saturated heterocycles. The Morgan fingerprint density at radius 3 is 2.10 bits per heavy atom. The van der Waals surface area contributed by atoms with E-state index in [2.05, 4.69) is 15.9 Å². The van der Waals surface area contributed by atoms with E-state index < -0.39 is 5.41 Å². The summed E-state index contributed by atoms with van der Waals surface area (Å²) in [7, 11) is 0. The van der Waals surface area contributed by atoms with E-state index in [0.29, 0.717) is 0 Å². The van der Waals surface area contributed by atoms with Gasteiger partial charge in [0.25, 0.3) is 0 Å². The van der Waals surface area contributed by atoms with Crippen molar-refractivity contribution < 1.29 is 4.79 Å². The molecule has 0 aliphatic heterocycles. The van der Waals surface area contributed by atoms with Gasteiger partial charge in [0.1, 0.15) is 0 Å². The zero-order chi connectivity index (χ0) is 14.8. The number of halogens is 1. The molecule has 0 saturated carbocycles. The molecule has 0 aromatic heterocycles. The van der Waals surface area contributed by atoms with Crippen LogP contribution in [0, 0.1) is 5.41 Å². The van der Waals surface area contributed by atoms with Crippen molar-refractivity contribution in [3.8, 4) is 0 Å². The Kier molecular flexibility index (Phi) is 4.29. The van der Waals surface area contributed by atoms with E-state index in [1.165, 1.54) is 0 Å². The van der Waals surface area contributed by atoms with Crippen LogP contribution in [0.15, 0.2) is 59.1 Å². The summed E-state index contributed by atoms with van der Waals surface area (Å²) < 4.78 is 0.956. The third kappa shape index (κ3) is 3.28. The second-order valence-corrected chi connectivity index (χ2v) is 6.62. The van der Waals surface area contributed by atoms with E-state index in [4.69, 9.17) is 0 Å². The topological polar surface area (TPSA) is 20.3 Å². The Morgan fingerprint density at radius 2 is 1.55 bits per heavy atom. The first-order valence-electron chi connectivity index (χ1n) is 6.55. The molecule has 20 heavy (non-hydrogen) atoms. The first kappa shape index (κ1) is 14.8. The van der Waals surface area contributed by atoms with E-state index in [1.54, 1.807) is 4.90 Å². The van der Waals surface area contributed by atoms with Gasteiger partial charge in [-0.25, -0.2) is 0 Å². The molecule has 0 heterocycles. The highest BCUT2D eigenvalue weighted by atomic mass is 79.9. The predicted octanol–water partition coefficient (Wildman–Crippen LogP) is 5.16. The lowest BCUT2D eigenvalue weighted by Crippen LogP contribution is -2.36. The van der Waals surface area contributed by atoms with Crippen LogP contribution in [0.25, 0.3) is 0 Å². The van der Waals surface area contributed by atoms with Crippen molar-refractivity contribution in [1.29, 1.82) is 0 Å². The van der Waals surface area contributed by atoms with Crippen LogP contribution in [-0.2, 0) is 4.79 Å². The quantitative estimate of drug-likeness (QED) is 0.744. The average molecular weight is 332 g/mol. The predicted molar refractivity (Wildman–Crippen MR) is 87.2 cm³/mol. The summed E-state index contributed by atoms with van der Waals surface area (Å²) in [5.74, 6) is 0.0711. The van der Waals surface area contributed by atoms with Crippen molar-refractivity contribution in [2.75, 3.05) is 4.90 Å². The smallest absolute Gasteiger partial charge is 0.236 e. The summed E-state index contributed by atoms with van der Waals surface area (Å²) in [5.41, 5.74) is 1.30. The number of benzene rings is 2. The number of rotatable bonds is 2. The number of amides is 1.